The van der Waals surface area contributed by atoms with Crippen molar-refractivity contribution in [1.29, 1.82) is 0 Å². The molecule has 0 bridgehead atoms. The normalized spacial score (nSPS) is 14.6. The molecule has 22 heavy (non-hydrogen) atoms. The fourth-order valence-corrected chi connectivity index (χ4v) is 10.4. The van der Waals surface area contributed by atoms with Gasteiger partial charge in [-0.1, -0.05) is 12.8 Å². The maximum absolute atomic E-state index is 9.15. The number of aliphatic hydroxyl groups excluding tert-OH is 2. The van der Waals surface area contributed by atoms with Gasteiger partial charge in [-0.05, 0) is 51.7 Å². The molecule has 0 spiro atoms. The summed E-state index contributed by atoms with van der Waals surface area (Å²) in [6.07, 6.45) is 2.41. The van der Waals surface area contributed by atoms with Gasteiger partial charge in [-0.25, -0.2) is 0 Å². The van der Waals surface area contributed by atoms with E-state index < -0.39 is 32.0 Å². The molecule has 0 amide bonds. The molecule has 0 rings (SSSR count). The van der Waals surface area contributed by atoms with Gasteiger partial charge in [0.05, 0.1) is 13.2 Å². The summed E-state index contributed by atoms with van der Waals surface area (Å²) in [5.74, 6) is 0. The Morgan fingerprint density at radius 3 is 1.91 bits per heavy atom. The van der Waals surface area contributed by atoms with Crippen LogP contribution in [0.25, 0.3) is 0 Å². The van der Waals surface area contributed by atoms with E-state index >= 15 is 0 Å². The van der Waals surface area contributed by atoms with E-state index in [9.17, 15) is 0 Å². The SMILES string of the molecule is C[Si](C)(C)O[SiH](CCCCCOCC(O)CO)O[Si](C)(C)C. The highest BCUT2D eigenvalue weighted by Crippen LogP contribution is 2.17. The summed E-state index contributed by atoms with van der Waals surface area (Å²) in [5, 5.41) is 17.8. The Hall–Kier alpha value is 0.451. The molecule has 0 radical (unpaired) electrons. The average molecular weight is 369 g/mol. The first-order chi connectivity index (χ1) is 10.0. The van der Waals surface area contributed by atoms with E-state index in [0.29, 0.717) is 6.61 Å². The summed E-state index contributed by atoms with van der Waals surface area (Å²) in [6.45, 7) is 13.9. The van der Waals surface area contributed by atoms with Crippen LogP contribution in [0.15, 0.2) is 0 Å². The zero-order chi connectivity index (χ0) is 17.2. The van der Waals surface area contributed by atoms with Crippen molar-refractivity contribution in [2.75, 3.05) is 19.8 Å². The lowest BCUT2D eigenvalue weighted by molar-refractivity contribution is 0.00532. The minimum absolute atomic E-state index is 0.214. The van der Waals surface area contributed by atoms with Gasteiger partial charge in [-0.3, -0.25) is 0 Å². The fourth-order valence-electron chi connectivity index (χ4n) is 1.89. The first kappa shape index (κ1) is 22.5. The second-order valence-corrected chi connectivity index (χ2v) is 19.4. The average Bonchev–Trinajstić information content (AvgIpc) is 2.33. The van der Waals surface area contributed by atoms with Crippen molar-refractivity contribution in [3.8, 4) is 0 Å². The quantitative estimate of drug-likeness (QED) is 0.386. The molecule has 0 aromatic carbocycles. The lowest BCUT2D eigenvalue weighted by atomic mass is 10.3. The molecule has 5 nitrogen and oxygen atoms in total. The predicted octanol–water partition coefficient (Wildman–Crippen LogP) is 2.45. The van der Waals surface area contributed by atoms with E-state index in [1.54, 1.807) is 0 Å². The van der Waals surface area contributed by atoms with Crippen molar-refractivity contribution in [2.24, 2.45) is 0 Å². The zero-order valence-electron chi connectivity index (χ0n) is 15.2. The Labute approximate surface area is 140 Å². The standard InChI is InChI=1S/C14H36O5Si3/c1-21(2,3)18-20(19-22(4,5)6)11-9-7-8-10-17-13-14(16)12-15/h14-16,20H,7-13H2,1-6H3. The van der Waals surface area contributed by atoms with Gasteiger partial charge in [0.15, 0.2) is 16.6 Å². The third-order valence-corrected chi connectivity index (χ3v) is 11.4. The topological polar surface area (TPSA) is 68.2 Å². The maximum atomic E-state index is 9.15. The van der Waals surface area contributed by atoms with Crippen LogP contribution in [0.4, 0.5) is 0 Å². The highest BCUT2D eigenvalue weighted by atomic mass is 28.4. The van der Waals surface area contributed by atoms with Crippen LogP contribution in [0.1, 0.15) is 19.3 Å². The molecule has 2 N–H and O–H groups in total. The predicted molar refractivity (Wildman–Crippen MR) is 98.6 cm³/mol. The minimum atomic E-state index is -1.55. The molecule has 0 aliphatic carbocycles. The Balaban J connectivity index is 3.89. The number of ether oxygens (including phenoxy) is 1. The van der Waals surface area contributed by atoms with Crippen molar-refractivity contribution >= 4 is 25.9 Å². The van der Waals surface area contributed by atoms with E-state index in [-0.39, 0.29) is 13.2 Å². The molecular weight excluding hydrogens is 332 g/mol. The summed E-state index contributed by atoms with van der Waals surface area (Å²) in [7, 11) is -4.62. The van der Waals surface area contributed by atoms with Gasteiger partial charge >= 0.3 is 9.28 Å². The van der Waals surface area contributed by atoms with Crippen LogP contribution in [-0.2, 0) is 13.0 Å². The van der Waals surface area contributed by atoms with Crippen molar-refractivity contribution in [2.45, 2.75) is 70.7 Å². The van der Waals surface area contributed by atoms with Crippen LogP contribution in [0.5, 0.6) is 0 Å². The molecule has 0 aromatic heterocycles. The fraction of sp³-hybridized carbons (Fsp3) is 1.00. The summed E-state index contributed by atoms with van der Waals surface area (Å²) in [6, 6.07) is 1.06. The van der Waals surface area contributed by atoms with Gasteiger partial charge < -0.3 is 23.2 Å². The van der Waals surface area contributed by atoms with Crippen molar-refractivity contribution in [1.82, 2.24) is 0 Å². The van der Waals surface area contributed by atoms with Crippen LogP contribution >= 0.6 is 0 Å². The van der Waals surface area contributed by atoms with E-state index in [2.05, 4.69) is 39.3 Å². The Morgan fingerprint density at radius 2 is 1.45 bits per heavy atom. The molecule has 0 saturated carbocycles. The van der Waals surface area contributed by atoms with E-state index in [1.165, 1.54) is 0 Å². The van der Waals surface area contributed by atoms with Gasteiger partial charge in [0.2, 0.25) is 0 Å². The molecule has 0 fully saturated rings. The van der Waals surface area contributed by atoms with Crippen molar-refractivity contribution in [3.05, 3.63) is 0 Å². The van der Waals surface area contributed by atoms with Crippen LogP contribution in [0.2, 0.25) is 45.3 Å². The molecule has 1 unspecified atom stereocenters. The molecule has 0 saturated heterocycles. The third kappa shape index (κ3) is 15.4. The van der Waals surface area contributed by atoms with Crippen LogP contribution < -0.4 is 0 Å². The number of unbranched alkanes of at least 4 members (excludes halogenated alkanes) is 2. The van der Waals surface area contributed by atoms with Gasteiger partial charge in [0.25, 0.3) is 0 Å². The Kier molecular flexibility index (Phi) is 11.3. The van der Waals surface area contributed by atoms with E-state index in [0.717, 1.165) is 25.3 Å². The lowest BCUT2D eigenvalue weighted by Gasteiger charge is -2.30. The van der Waals surface area contributed by atoms with Crippen molar-refractivity contribution < 1.29 is 23.2 Å². The molecular formula is C14H36O5Si3. The van der Waals surface area contributed by atoms with Crippen LogP contribution in [0.3, 0.4) is 0 Å². The minimum Gasteiger partial charge on any atom is -0.439 e. The zero-order valence-corrected chi connectivity index (χ0v) is 18.4. The largest absolute Gasteiger partial charge is 0.439 e. The molecule has 8 heteroatoms. The van der Waals surface area contributed by atoms with Gasteiger partial charge in [0, 0.05) is 6.61 Å². The molecule has 0 aliphatic rings. The van der Waals surface area contributed by atoms with Gasteiger partial charge in [0.1, 0.15) is 6.10 Å². The van der Waals surface area contributed by atoms with Gasteiger partial charge in [-0.15, -0.1) is 0 Å². The van der Waals surface area contributed by atoms with Crippen LogP contribution in [0, 0.1) is 0 Å². The van der Waals surface area contributed by atoms with E-state index in [4.69, 9.17) is 23.2 Å². The maximum Gasteiger partial charge on any atom is 0.300 e. The number of hydrogen-bond acceptors (Lipinski definition) is 5. The Bertz CT molecular complexity index is 263. The molecule has 134 valence electrons. The number of aliphatic hydroxyl groups is 2. The molecule has 0 aliphatic heterocycles. The van der Waals surface area contributed by atoms with Crippen LogP contribution in [-0.4, -0.2) is 62.1 Å². The highest BCUT2D eigenvalue weighted by molar-refractivity contribution is 6.81. The van der Waals surface area contributed by atoms with Crippen molar-refractivity contribution in [3.63, 3.8) is 0 Å². The van der Waals surface area contributed by atoms with E-state index in [1.807, 2.05) is 0 Å². The summed E-state index contributed by atoms with van der Waals surface area (Å²) in [4.78, 5) is 0. The first-order valence-corrected chi connectivity index (χ1v) is 16.8. The molecule has 0 aromatic rings. The monoisotopic (exact) mass is 368 g/mol. The number of rotatable bonds is 13. The highest BCUT2D eigenvalue weighted by Gasteiger charge is 2.28. The molecule has 1 atom stereocenters. The summed E-state index contributed by atoms with van der Waals surface area (Å²) < 4.78 is 17.9. The second-order valence-electron chi connectivity index (χ2n) is 7.65. The van der Waals surface area contributed by atoms with Gasteiger partial charge in [-0.2, -0.15) is 0 Å². The molecule has 0 heterocycles. The smallest absolute Gasteiger partial charge is 0.300 e. The third-order valence-electron chi connectivity index (χ3n) is 2.72. The summed E-state index contributed by atoms with van der Waals surface area (Å²) in [5.41, 5.74) is 0. The first-order valence-electron chi connectivity index (χ1n) is 8.26. The number of hydrogen-bond donors (Lipinski definition) is 2. The Morgan fingerprint density at radius 1 is 0.909 bits per heavy atom. The lowest BCUT2D eigenvalue weighted by Crippen LogP contribution is -2.43. The second kappa shape index (κ2) is 11.1. The summed E-state index contributed by atoms with van der Waals surface area (Å²) >= 11 is 0.